The van der Waals surface area contributed by atoms with Gasteiger partial charge in [-0.15, -0.1) is 0 Å². The van der Waals surface area contributed by atoms with E-state index in [1.165, 1.54) is 0 Å². The van der Waals surface area contributed by atoms with Crippen LogP contribution in [0, 0.1) is 0 Å². The number of halogens is 3. The number of rotatable bonds is 4. The van der Waals surface area contributed by atoms with E-state index in [2.05, 4.69) is 28.0 Å². The highest BCUT2D eigenvalue weighted by molar-refractivity contribution is 7.80. The number of alkyl halides is 3. The molecule has 1 amide bonds. The predicted molar refractivity (Wildman–Crippen MR) is 99.0 cm³/mol. The maximum absolute atomic E-state index is 12.1. The normalized spacial score (nSPS) is 20.8. The second kappa shape index (κ2) is 9.34. The summed E-state index contributed by atoms with van der Waals surface area (Å²) in [6.45, 7) is 5.25. The Morgan fingerprint density at radius 2 is 1.78 bits per heavy atom. The molecule has 1 saturated heterocycles. The van der Waals surface area contributed by atoms with E-state index in [1.54, 1.807) is 12.1 Å². The molecule has 2 atom stereocenters. The number of nitrogens with one attached hydrogen (secondary N) is 3. The van der Waals surface area contributed by atoms with Gasteiger partial charge in [0.25, 0.3) is 5.91 Å². The van der Waals surface area contributed by atoms with Crippen molar-refractivity contribution in [2.75, 3.05) is 19.6 Å². The maximum Gasteiger partial charge on any atom is 0.405 e. The number of hydrogen-bond donors (Lipinski definition) is 3. The van der Waals surface area contributed by atoms with Crippen molar-refractivity contribution in [3.05, 3.63) is 35.4 Å². The van der Waals surface area contributed by atoms with Crippen molar-refractivity contribution in [2.24, 2.45) is 0 Å². The first-order valence-corrected chi connectivity index (χ1v) is 8.91. The molecule has 3 N–H and O–H groups in total. The van der Waals surface area contributed by atoms with Gasteiger partial charge in [-0.1, -0.05) is 12.1 Å². The van der Waals surface area contributed by atoms with Crippen LogP contribution in [0.3, 0.4) is 0 Å². The van der Waals surface area contributed by atoms with Crippen LogP contribution >= 0.6 is 12.2 Å². The molecule has 10 heteroatoms. The van der Waals surface area contributed by atoms with Gasteiger partial charge in [-0.05, 0) is 43.8 Å². The van der Waals surface area contributed by atoms with Gasteiger partial charge < -0.3 is 10.1 Å². The zero-order chi connectivity index (χ0) is 20.0. The van der Waals surface area contributed by atoms with Crippen LogP contribution in [0.25, 0.3) is 0 Å². The largest absolute Gasteiger partial charge is 0.405 e. The summed E-state index contributed by atoms with van der Waals surface area (Å²) >= 11 is 4.67. The SMILES string of the molecule is CC1CN(Cc2ccc(C(=O)NNC(=S)NCC(F)(F)F)cc2)CC(C)O1. The third-order valence-corrected chi connectivity index (χ3v) is 4.10. The lowest BCUT2D eigenvalue weighted by atomic mass is 10.1. The zero-order valence-corrected chi connectivity index (χ0v) is 15.9. The summed E-state index contributed by atoms with van der Waals surface area (Å²) in [5, 5.41) is 1.64. The Morgan fingerprint density at radius 3 is 2.33 bits per heavy atom. The van der Waals surface area contributed by atoms with Gasteiger partial charge in [-0.2, -0.15) is 13.2 Å². The molecule has 150 valence electrons. The molecule has 0 bridgehead atoms. The number of amides is 1. The summed E-state index contributed by atoms with van der Waals surface area (Å²) in [4.78, 5) is 14.3. The standard InChI is InChI=1S/C17H23F3N4O2S/c1-11-7-24(8-12(2)26-11)9-13-3-5-14(6-4-13)15(25)22-23-16(27)21-10-17(18,19)20/h3-6,11-12H,7-10H2,1-2H3,(H,22,25)(H2,21,23,27). The lowest BCUT2D eigenvalue weighted by Crippen LogP contribution is -2.48. The van der Waals surface area contributed by atoms with E-state index in [9.17, 15) is 18.0 Å². The lowest BCUT2D eigenvalue weighted by Gasteiger charge is -2.35. The van der Waals surface area contributed by atoms with Gasteiger partial charge in [0.05, 0.1) is 12.2 Å². The molecule has 1 heterocycles. The monoisotopic (exact) mass is 404 g/mol. The minimum atomic E-state index is -4.39. The zero-order valence-electron chi connectivity index (χ0n) is 15.1. The number of hydrazine groups is 1. The smallest absolute Gasteiger partial charge is 0.373 e. The topological polar surface area (TPSA) is 65.6 Å². The van der Waals surface area contributed by atoms with Gasteiger partial charge in [-0.3, -0.25) is 20.5 Å². The highest BCUT2D eigenvalue weighted by Gasteiger charge is 2.27. The van der Waals surface area contributed by atoms with Gasteiger partial charge in [0.1, 0.15) is 6.54 Å². The third kappa shape index (κ3) is 7.69. The fraction of sp³-hybridized carbons (Fsp3) is 0.529. The fourth-order valence-electron chi connectivity index (χ4n) is 2.84. The Morgan fingerprint density at radius 1 is 1.19 bits per heavy atom. The van der Waals surface area contributed by atoms with E-state index in [0.29, 0.717) is 5.56 Å². The summed E-state index contributed by atoms with van der Waals surface area (Å²) < 4.78 is 41.9. The molecule has 27 heavy (non-hydrogen) atoms. The molecule has 1 aliphatic rings. The number of nitrogens with zero attached hydrogens (tertiary/aromatic N) is 1. The Labute approximate surface area is 161 Å². The van der Waals surface area contributed by atoms with Crippen molar-refractivity contribution in [1.82, 2.24) is 21.1 Å². The number of carbonyl (C=O) groups is 1. The Balaban J connectivity index is 1.80. The first-order chi connectivity index (χ1) is 12.6. The molecule has 2 rings (SSSR count). The molecule has 6 nitrogen and oxygen atoms in total. The van der Waals surface area contributed by atoms with Crippen LogP contribution in [0.4, 0.5) is 13.2 Å². The lowest BCUT2D eigenvalue weighted by molar-refractivity contribution is -0.122. The second-order valence-electron chi connectivity index (χ2n) is 6.53. The van der Waals surface area contributed by atoms with Crippen molar-refractivity contribution in [1.29, 1.82) is 0 Å². The van der Waals surface area contributed by atoms with E-state index < -0.39 is 18.6 Å². The summed E-state index contributed by atoms with van der Waals surface area (Å²) in [6.07, 6.45) is -4.03. The molecule has 1 aromatic carbocycles. The molecular weight excluding hydrogens is 381 g/mol. The van der Waals surface area contributed by atoms with Crippen LogP contribution in [0.15, 0.2) is 24.3 Å². The van der Waals surface area contributed by atoms with Crippen molar-refractivity contribution in [3.8, 4) is 0 Å². The Hall–Kier alpha value is -1.91. The van der Waals surface area contributed by atoms with Crippen LogP contribution < -0.4 is 16.2 Å². The van der Waals surface area contributed by atoms with Crippen LogP contribution in [0.1, 0.15) is 29.8 Å². The molecule has 0 saturated carbocycles. The minimum Gasteiger partial charge on any atom is -0.373 e. The summed E-state index contributed by atoms with van der Waals surface area (Å²) in [7, 11) is 0. The molecular formula is C17H23F3N4O2S. The van der Waals surface area contributed by atoms with E-state index >= 15 is 0 Å². The van der Waals surface area contributed by atoms with Gasteiger partial charge >= 0.3 is 6.18 Å². The molecule has 0 aliphatic carbocycles. The quantitative estimate of drug-likeness (QED) is 0.527. The first-order valence-electron chi connectivity index (χ1n) is 8.50. The highest BCUT2D eigenvalue weighted by Crippen LogP contribution is 2.15. The third-order valence-electron chi connectivity index (χ3n) is 3.86. The van der Waals surface area contributed by atoms with Crippen LogP contribution in [-0.4, -0.2) is 53.9 Å². The number of carbonyl (C=O) groups excluding carboxylic acids is 1. The van der Waals surface area contributed by atoms with Gasteiger partial charge in [0.2, 0.25) is 0 Å². The molecule has 0 radical (unpaired) electrons. The number of thiocarbonyl (C=S) groups is 1. The second-order valence-corrected chi connectivity index (χ2v) is 6.93. The predicted octanol–water partition coefficient (Wildman–Crippen LogP) is 1.97. The van der Waals surface area contributed by atoms with Gasteiger partial charge in [-0.25, -0.2) is 0 Å². The van der Waals surface area contributed by atoms with Crippen molar-refractivity contribution in [3.63, 3.8) is 0 Å². The van der Waals surface area contributed by atoms with E-state index in [4.69, 9.17) is 4.74 Å². The summed E-state index contributed by atoms with van der Waals surface area (Å²) in [6, 6.07) is 7.01. The molecule has 1 aromatic rings. The molecule has 2 unspecified atom stereocenters. The maximum atomic E-state index is 12.1. The van der Waals surface area contributed by atoms with E-state index in [0.717, 1.165) is 25.2 Å². The fourth-order valence-corrected chi connectivity index (χ4v) is 2.97. The van der Waals surface area contributed by atoms with E-state index in [-0.39, 0.29) is 17.3 Å². The molecule has 0 spiro atoms. The minimum absolute atomic E-state index is 0.180. The van der Waals surface area contributed by atoms with Crippen molar-refractivity contribution in [2.45, 2.75) is 38.8 Å². The van der Waals surface area contributed by atoms with Gasteiger partial charge in [0, 0.05) is 25.2 Å². The summed E-state index contributed by atoms with van der Waals surface area (Å²) in [5.74, 6) is -0.494. The van der Waals surface area contributed by atoms with E-state index in [1.807, 2.05) is 31.3 Å². The van der Waals surface area contributed by atoms with Gasteiger partial charge in [0.15, 0.2) is 5.11 Å². The van der Waals surface area contributed by atoms with Crippen LogP contribution in [0.5, 0.6) is 0 Å². The summed E-state index contributed by atoms with van der Waals surface area (Å²) in [5.41, 5.74) is 5.93. The Kier molecular flexibility index (Phi) is 7.40. The number of ether oxygens (including phenoxy) is 1. The number of hydrogen-bond acceptors (Lipinski definition) is 4. The Bertz CT molecular complexity index is 645. The average molecular weight is 404 g/mol. The van der Waals surface area contributed by atoms with Crippen LogP contribution in [0.2, 0.25) is 0 Å². The first kappa shape index (κ1) is 21.4. The van der Waals surface area contributed by atoms with Crippen molar-refractivity contribution >= 4 is 23.2 Å². The number of benzene rings is 1. The molecule has 1 aliphatic heterocycles. The number of morpholine rings is 1. The highest BCUT2D eigenvalue weighted by atomic mass is 32.1. The molecule has 0 aromatic heterocycles. The van der Waals surface area contributed by atoms with Crippen LogP contribution in [-0.2, 0) is 11.3 Å². The average Bonchev–Trinajstić information content (AvgIpc) is 2.57. The van der Waals surface area contributed by atoms with Crippen molar-refractivity contribution < 1.29 is 22.7 Å². The molecule has 1 fully saturated rings.